The lowest BCUT2D eigenvalue weighted by Gasteiger charge is -2.31. The number of nitrogens with one attached hydrogen (secondary N) is 1. The normalized spacial score (nSPS) is 17.3. The van der Waals surface area contributed by atoms with E-state index in [1.165, 1.54) is 0 Å². The molecule has 0 bridgehead atoms. The van der Waals surface area contributed by atoms with Crippen molar-refractivity contribution in [2.75, 3.05) is 26.8 Å². The van der Waals surface area contributed by atoms with E-state index in [2.05, 4.69) is 10.3 Å². The lowest BCUT2D eigenvalue weighted by atomic mass is 9.96. The highest BCUT2D eigenvalue weighted by Gasteiger charge is 2.29. The molecule has 7 heteroatoms. The van der Waals surface area contributed by atoms with Crippen molar-refractivity contribution >= 4 is 23.2 Å². The van der Waals surface area contributed by atoms with Crippen molar-refractivity contribution < 1.29 is 14.3 Å². The van der Waals surface area contributed by atoms with Gasteiger partial charge in [-0.05, 0) is 6.42 Å². The first-order valence-corrected chi connectivity index (χ1v) is 9.59. The second-order valence-electron chi connectivity index (χ2n) is 6.30. The fraction of sp³-hybridized carbons (Fsp3) is 0.421. The molecule has 1 fully saturated rings. The number of piperidine rings is 1. The number of carbonyl (C=O) groups is 2. The highest BCUT2D eigenvalue weighted by atomic mass is 32.1. The summed E-state index contributed by atoms with van der Waals surface area (Å²) in [6, 6.07) is 9.99. The minimum Gasteiger partial charge on any atom is -0.383 e. The monoisotopic (exact) mass is 373 g/mol. The quantitative estimate of drug-likeness (QED) is 0.808. The van der Waals surface area contributed by atoms with E-state index >= 15 is 0 Å². The van der Waals surface area contributed by atoms with Gasteiger partial charge in [-0.3, -0.25) is 9.59 Å². The third-order valence-corrected chi connectivity index (χ3v) is 5.39. The van der Waals surface area contributed by atoms with E-state index < -0.39 is 0 Å². The van der Waals surface area contributed by atoms with Crippen molar-refractivity contribution in [2.45, 2.75) is 19.4 Å². The van der Waals surface area contributed by atoms with Crippen LogP contribution >= 0.6 is 11.3 Å². The molecule has 0 aliphatic carbocycles. The predicted octanol–water partition coefficient (Wildman–Crippen LogP) is 2.31. The number of methoxy groups -OCH3 is 1. The molecule has 1 atom stereocenters. The maximum atomic E-state index is 12.5. The van der Waals surface area contributed by atoms with Gasteiger partial charge in [-0.1, -0.05) is 30.3 Å². The fourth-order valence-corrected chi connectivity index (χ4v) is 3.80. The molecule has 3 rings (SSSR count). The van der Waals surface area contributed by atoms with Crippen molar-refractivity contribution in [1.29, 1.82) is 0 Å². The zero-order chi connectivity index (χ0) is 18.4. The van der Waals surface area contributed by atoms with Crippen LogP contribution in [-0.4, -0.2) is 48.5 Å². The molecule has 1 aliphatic heterocycles. The van der Waals surface area contributed by atoms with Gasteiger partial charge in [0.15, 0.2) is 0 Å². The maximum absolute atomic E-state index is 12.5. The Morgan fingerprint density at radius 2 is 2.19 bits per heavy atom. The van der Waals surface area contributed by atoms with Crippen LogP contribution in [0.3, 0.4) is 0 Å². The fourth-order valence-electron chi connectivity index (χ4n) is 2.97. The van der Waals surface area contributed by atoms with Crippen LogP contribution in [0.15, 0.2) is 35.7 Å². The van der Waals surface area contributed by atoms with Crippen LogP contribution in [-0.2, 0) is 20.9 Å². The first-order valence-electron chi connectivity index (χ1n) is 8.71. The van der Waals surface area contributed by atoms with E-state index in [1.807, 2.05) is 35.7 Å². The summed E-state index contributed by atoms with van der Waals surface area (Å²) < 4.78 is 5.03. The van der Waals surface area contributed by atoms with Crippen LogP contribution < -0.4 is 5.32 Å². The topological polar surface area (TPSA) is 71.5 Å². The van der Waals surface area contributed by atoms with Crippen molar-refractivity contribution in [1.82, 2.24) is 15.2 Å². The molecule has 1 N–H and O–H groups in total. The minimum absolute atomic E-state index is 0.0193. The summed E-state index contributed by atoms with van der Waals surface area (Å²) in [4.78, 5) is 30.7. The second-order valence-corrected chi connectivity index (χ2v) is 7.15. The van der Waals surface area contributed by atoms with Gasteiger partial charge in [-0.2, -0.15) is 0 Å². The zero-order valence-corrected chi connectivity index (χ0v) is 15.6. The zero-order valence-electron chi connectivity index (χ0n) is 14.8. The van der Waals surface area contributed by atoms with Crippen molar-refractivity contribution in [3.63, 3.8) is 0 Å². The molecular weight excluding hydrogens is 350 g/mol. The SMILES string of the molecule is COCCN1CC(C(=O)NCc2csc(-c3ccccc3)n2)CCC1=O. The standard InChI is InChI=1S/C19H23N3O3S/c1-25-10-9-22-12-15(7-8-17(22)23)18(24)20-11-16-13-26-19(21-16)14-5-3-2-4-6-14/h2-6,13,15H,7-12H2,1H3,(H,20,24). The van der Waals surface area contributed by atoms with E-state index in [1.54, 1.807) is 23.3 Å². The molecule has 26 heavy (non-hydrogen) atoms. The van der Waals surface area contributed by atoms with E-state index in [0.717, 1.165) is 16.3 Å². The van der Waals surface area contributed by atoms with Crippen LogP contribution in [0.1, 0.15) is 18.5 Å². The summed E-state index contributed by atoms with van der Waals surface area (Å²) >= 11 is 1.57. The Kier molecular flexibility index (Phi) is 6.35. The summed E-state index contributed by atoms with van der Waals surface area (Å²) in [6.07, 6.45) is 1.01. The molecule has 1 unspecified atom stereocenters. The van der Waals surface area contributed by atoms with Crippen molar-refractivity contribution in [2.24, 2.45) is 5.92 Å². The number of carbonyl (C=O) groups excluding carboxylic acids is 2. The van der Waals surface area contributed by atoms with Gasteiger partial charge < -0.3 is 15.0 Å². The van der Waals surface area contributed by atoms with Gasteiger partial charge in [-0.15, -0.1) is 11.3 Å². The highest BCUT2D eigenvalue weighted by molar-refractivity contribution is 7.13. The van der Waals surface area contributed by atoms with Gasteiger partial charge in [-0.25, -0.2) is 4.98 Å². The third kappa shape index (κ3) is 4.68. The third-order valence-electron chi connectivity index (χ3n) is 4.45. The summed E-state index contributed by atoms with van der Waals surface area (Å²) in [5, 5.41) is 5.88. The Morgan fingerprint density at radius 3 is 2.96 bits per heavy atom. The first kappa shape index (κ1) is 18.5. The van der Waals surface area contributed by atoms with Crippen LogP contribution in [0.2, 0.25) is 0 Å². The number of amides is 2. The lowest BCUT2D eigenvalue weighted by molar-refractivity contribution is -0.138. The second kappa shape index (κ2) is 8.91. The molecule has 138 valence electrons. The number of ether oxygens (including phenoxy) is 1. The maximum Gasteiger partial charge on any atom is 0.225 e. The van der Waals surface area contributed by atoms with Gasteiger partial charge in [0.05, 0.1) is 24.8 Å². The van der Waals surface area contributed by atoms with Gasteiger partial charge in [0.2, 0.25) is 11.8 Å². The smallest absolute Gasteiger partial charge is 0.225 e. The molecule has 0 saturated carbocycles. The summed E-state index contributed by atoms with van der Waals surface area (Å²) in [5.41, 5.74) is 1.93. The highest BCUT2D eigenvalue weighted by Crippen LogP contribution is 2.23. The van der Waals surface area contributed by atoms with Crippen molar-refractivity contribution in [3.05, 3.63) is 41.4 Å². The van der Waals surface area contributed by atoms with Gasteiger partial charge in [0, 0.05) is 37.6 Å². The number of aromatic nitrogens is 1. The van der Waals surface area contributed by atoms with Crippen LogP contribution in [0, 0.1) is 5.92 Å². The van der Waals surface area contributed by atoms with E-state index in [9.17, 15) is 9.59 Å². The molecular formula is C19H23N3O3S. The summed E-state index contributed by atoms with van der Waals surface area (Å²) in [5.74, 6) is -0.0935. The van der Waals surface area contributed by atoms with Gasteiger partial charge in [0.1, 0.15) is 5.01 Å². The summed E-state index contributed by atoms with van der Waals surface area (Å²) in [6.45, 7) is 1.89. The molecule has 1 aromatic carbocycles. The number of hydrogen-bond acceptors (Lipinski definition) is 5. The Labute approximate surface area is 157 Å². The lowest BCUT2D eigenvalue weighted by Crippen LogP contribution is -2.46. The van der Waals surface area contributed by atoms with Crippen LogP contribution in [0.25, 0.3) is 10.6 Å². The molecule has 2 aromatic rings. The number of hydrogen-bond donors (Lipinski definition) is 1. The molecule has 0 spiro atoms. The molecule has 2 amide bonds. The Balaban J connectivity index is 1.52. The van der Waals surface area contributed by atoms with Crippen LogP contribution in [0.5, 0.6) is 0 Å². The average molecular weight is 373 g/mol. The van der Waals surface area contributed by atoms with E-state index in [4.69, 9.17) is 4.74 Å². The minimum atomic E-state index is -0.170. The van der Waals surface area contributed by atoms with Crippen LogP contribution in [0.4, 0.5) is 0 Å². The number of benzene rings is 1. The Hall–Kier alpha value is -2.25. The van der Waals surface area contributed by atoms with Gasteiger partial charge in [0.25, 0.3) is 0 Å². The summed E-state index contributed by atoms with van der Waals surface area (Å²) in [7, 11) is 1.61. The van der Waals surface area contributed by atoms with Gasteiger partial charge >= 0.3 is 0 Å². The molecule has 1 aromatic heterocycles. The number of likely N-dealkylation sites (tertiary alicyclic amines) is 1. The first-order chi connectivity index (χ1) is 12.7. The molecule has 0 radical (unpaired) electrons. The Morgan fingerprint density at radius 1 is 1.38 bits per heavy atom. The Bertz CT molecular complexity index is 747. The van der Waals surface area contributed by atoms with Crippen molar-refractivity contribution in [3.8, 4) is 10.6 Å². The number of nitrogens with zero attached hydrogens (tertiary/aromatic N) is 2. The average Bonchev–Trinajstić information content (AvgIpc) is 3.15. The predicted molar refractivity (Wildman–Crippen MR) is 101 cm³/mol. The largest absolute Gasteiger partial charge is 0.383 e. The number of thiazole rings is 1. The molecule has 1 saturated heterocycles. The van der Waals surface area contributed by atoms with E-state index in [0.29, 0.717) is 39.1 Å². The van der Waals surface area contributed by atoms with E-state index in [-0.39, 0.29) is 17.7 Å². The number of rotatable bonds is 7. The molecule has 1 aliphatic rings. The molecule has 2 heterocycles. The molecule has 6 nitrogen and oxygen atoms in total.